The van der Waals surface area contributed by atoms with Crippen molar-refractivity contribution in [3.8, 4) is 0 Å². The molecule has 3 nitrogen and oxygen atoms in total. The van der Waals surface area contributed by atoms with E-state index in [1.807, 2.05) is 12.1 Å². The Bertz CT molecular complexity index is 548. The minimum atomic E-state index is -1.44. The van der Waals surface area contributed by atoms with Crippen LogP contribution in [0.1, 0.15) is 11.1 Å². The predicted molar refractivity (Wildman–Crippen MR) is 72.2 cm³/mol. The highest BCUT2D eigenvalue weighted by Gasteiger charge is 2.47. The number of allylic oxidation sites excluding steroid dienone is 1. The average molecular weight is 307 g/mol. The molecule has 1 aromatic rings. The standard InChI is InChI=1S/C14H11BrO3/c1-2-9-18-13(17)14(15)11-6-4-3-5-10(11)7-8-12(14)16/h2-8H,1,9H2/t14-/m1/s1. The van der Waals surface area contributed by atoms with E-state index in [0.717, 1.165) is 5.56 Å². The molecule has 0 radical (unpaired) electrons. The van der Waals surface area contributed by atoms with E-state index in [-0.39, 0.29) is 12.4 Å². The number of ether oxygens (including phenoxy) is 1. The van der Waals surface area contributed by atoms with Gasteiger partial charge in [-0.15, -0.1) is 0 Å². The van der Waals surface area contributed by atoms with Crippen molar-refractivity contribution in [2.75, 3.05) is 6.61 Å². The molecule has 1 aliphatic rings. The first-order chi connectivity index (χ1) is 8.60. The Hall–Kier alpha value is -1.68. The zero-order valence-electron chi connectivity index (χ0n) is 9.56. The number of fused-ring (bicyclic) bond motifs is 1. The Morgan fingerprint density at radius 1 is 1.39 bits per heavy atom. The van der Waals surface area contributed by atoms with E-state index in [2.05, 4.69) is 22.5 Å². The van der Waals surface area contributed by atoms with E-state index >= 15 is 0 Å². The second-order valence-electron chi connectivity index (χ2n) is 3.83. The summed E-state index contributed by atoms with van der Waals surface area (Å²) in [5.41, 5.74) is 1.43. The van der Waals surface area contributed by atoms with Crippen molar-refractivity contribution < 1.29 is 14.3 Å². The first kappa shape index (κ1) is 12.8. The molecule has 1 aromatic carbocycles. The van der Waals surface area contributed by atoms with Gasteiger partial charge in [0.25, 0.3) is 0 Å². The van der Waals surface area contributed by atoms with Crippen molar-refractivity contribution in [3.63, 3.8) is 0 Å². The number of carbonyl (C=O) groups excluding carboxylic acids is 2. The van der Waals surface area contributed by atoms with Gasteiger partial charge in [0, 0.05) is 0 Å². The molecule has 92 valence electrons. The van der Waals surface area contributed by atoms with Crippen molar-refractivity contribution >= 4 is 33.8 Å². The van der Waals surface area contributed by atoms with Crippen LogP contribution in [0.15, 0.2) is 43.0 Å². The van der Waals surface area contributed by atoms with E-state index in [4.69, 9.17) is 4.74 Å². The Labute approximate surface area is 113 Å². The Balaban J connectivity index is 2.47. The third-order valence-corrected chi connectivity index (χ3v) is 3.84. The number of alkyl halides is 1. The van der Waals surface area contributed by atoms with Gasteiger partial charge < -0.3 is 4.74 Å². The highest BCUT2D eigenvalue weighted by atomic mass is 79.9. The quantitative estimate of drug-likeness (QED) is 0.373. The molecule has 0 amide bonds. The van der Waals surface area contributed by atoms with Crippen LogP contribution in [-0.4, -0.2) is 18.4 Å². The minimum absolute atomic E-state index is 0.0747. The van der Waals surface area contributed by atoms with E-state index in [9.17, 15) is 9.59 Å². The van der Waals surface area contributed by atoms with Gasteiger partial charge >= 0.3 is 5.97 Å². The summed E-state index contributed by atoms with van der Waals surface area (Å²) >= 11 is 3.25. The monoisotopic (exact) mass is 306 g/mol. The topological polar surface area (TPSA) is 43.4 Å². The Kier molecular flexibility index (Phi) is 3.48. The van der Waals surface area contributed by atoms with Crippen molar-refractivity contribution in [1.82, 2.24) is 0 Å². The largest absolute Gasteiger partial charge is 0.460 e. The van der Waals surface area contributed by atoms with E-state index < -0.39 is 10.3 Å². The van der Waals surface area contributed by atoms with E-state index in [1.165, 1.54) is 12.2 Å². The zero-order chi connectivity index (χ0) is 13.2. The lowest BCUT2D eigenvalue weighted by atomic mass is 9.86. The number of halogens is 1. The first-order valence-electron chi connectivity index (χ1n) is 5.39. The summed E-state index contributed by atoms with van der Waals surface area (Å²) in [4.78, 5) is 24.1. The van der Waals surface area contributed by atoms with Crippen LogP contribution < -0.4 is 0 Å². The molecular formula is C14H11BrO3. The molecule has 4 heteroatoms. The van der Waals surface area contributed by atoms with Gasteiger partial charge in [0.05, 0.1) is 0 Å². The van der Waals surface area contributed by atoms with Gasteiger partial charge in [-0.05, 0) is 17.2 Å². The molecular weight excluding hydrogens is 296 g/mol. The summed E-state index contributed by atoms with van der Waals surface area (Å²) in [5.74, 6) is -0.959. The molecule has 1 aliphatic carbocycles. The molecule has 0 bridgehead atoms. The van der Waals surface area contributed by atoms with Crippen molar-refractivity contribution in [2.24, 2.45) is 0 Å². The Morgan fingerprint density at radius 3 is 2.83 bits per heavy atom. The molecule has 0 saturated carbocycles. The lowest BCUT2D eigenvalue weighted by Crippen LogP contribution is -2.40. The SMILES string of the molecule is C=CCOC(=O)[C@]1(Br)C(=O)C=Cc2ccccc21. The van der Waals surface area contributed by atoms with Crippen LogP contribution in [0.3, 0.4) is 0 Å². The van der Waals surface area contributed by atoms with Crippen LogP contribution in [0.25, 0.3) is 6.08 Å². The van der Waals surface area contributed by atoms with E-state index in [1.54, 1.807) is 18.2 Å². The fourth-order valence-corrected chi connectivity index (χ4v) is 2.42. The van der Waals surface area contributed by atoms with Crippen LogP contribution in [0.5, 0.6) is 0 Å². The number of esters is 1. The van der Waals surface area contributed by atoms with Crippen molar-refractivity contribution in [3.05, 3.63) is 54.1 Å². The van der Waals surface area contributed by atoms with Crippen LogP contribution in [-0.2, 0) is 18.7 Å². The minimum Gasteiger partial charge on any atom is -0.460 e. The summed E-state index contributed by atoms with van der Waals surface area (Å²) in [5, 5.41) is 0. The van der Waals surface area contributed by atoms with Gasteiger partial charge in [-0.2, -0.15) is 0 Å². The number of rotatable bonds is 3. The van der Waals surface area contributed by atoms with Crippen LogP contribution in [0.2, 0.25) is 0 Å². The summed E-state index contributed by atoms with van der Waals surface area (Å²) in [6.07, 6.45) is 4.54. The molecule has 18 heavy (non-hydrogen) atoms. The number of ketones is 1. The predicted octanol–water partition coefficient (Wildman–Crippen LogP) is 2.60. The third-order valence-electron chi connectivity index (χ3n) is 2.70. The molecule has 0 spiro atoms. The summed E-state index contributed by atoms with van der Waals surface area (Å²) in [6.45, 7) is 3.55. The fraction of sp³-hybridized carbons (Fsp3) is 0.143. The van der Waals surface area contributed by atoms with Crippen molar-refractivity contribution in [2.45, 2.75) is 4.32 Å². The smallest absolute Gasteiger partial charge is 0.335 e. The molecule has 0 saturated heterocycles. The molecule has 0 aromatic heterocycles. The second-order valence-corrected chi connectivity index (χ2v) is 5.02. The van der Waals surface area contributed by atoms with Gasteiger partial charge in [0.1, 0.15) is 6.61 Å². The maximum absolute atomic E-state index is 12.1. The number of carbonyl (C=O) groups is 2. The highest BCUT2D eigenvalue weighted by Crippen LogP contribution is 2.39. The second kappa shape index (κ2) is 4.90. The summed E-state index contributed by atoms with van der Waals surface area (Å²) in [6, 6.07) is 7.21. The molecule has 1 atom stereocenters. The van der Waals surface area contributed by atoms with Crippen LogP contribution in [0, 0.1) is 0 Å². The summed E-state index contributed by atoms with van der Waals surface area (Å²) < 4.78 is 3.56. The Morgan fingerprint density at radius 2 is 2.11 bits per heavy atom. The van der Waals surface area contributed by atoms with Gasteiger partial charge in [-0.3, -0.25) is 4.79 Å². The summed E-state index contributed by atoms with van der Waals surface area (Å²) in [7, 11) is 0. The average Bonchev–Trinajstić information content (AvgIpc) is 2.40. The van der Waals surface area contributed by atoms with Gasteiger partial charge in [0.2, 0.25) is 4.32 Å². The normalized spacial score (nSPS) is 21.3. The maximum Gasteiger partial charge on any atom is 0.335 e. The first-order valence-corrected chi connectivity index (χ1v) is 6.19. The van der Waals surface area contributed by atoms with Gasteiger partial charge in [-0.25, -0.2) is 4.79 Å². The molecule has 0 fully saturated rings. The van der Waals surface area contributed by atoms with Crippen LogP contribution >= 0.6 is 15.9 Å². The molecule has 0 N–H and O–H groups in total. The number of benzene rings is 1. The number of hydrogen-bond acceptors (Lipinski definition) is 3. The molecule has 0 unspecified atom stereocenters. The highest BCUT2D eigenvalue weighted by molar-refractivity contribution is 9.10. The third kappa shape index (κ3) is 1.93. The fourth-order valence-electron chi connectivity index (χ4n) is 1.81. The van der Waals surface area contributed by atoms with Crippen LogP contribution in [0.4, 0.5) is 0 Å². The van der Waals surface area contributed by atoms with Gasteiger partial charge in [0.15, 0.2) is 5.78 Å². The lowest BCUT2D eigenvalue weighted by molar-refractivity contribution is -0.147. The number of hydrogen-bond donors (Lipinski definition) is 0. The molecule has 2 rings (SSSR count). The molecule has 0 aliphatic heterocycles. The van der Waals surface area contributed by atoms with Gasteiger partial charge in [-0.1, -0.05) is 58.9 Å². The molecule has 0 heterocycles. The zero-order valence-corrected chi connectivity index (χ0v) is 11.1. The van der Waals surface area contributed by atoms with Crippen molar-refractivity contribution in [1.29, 1.82) is 0 Å². The lowest BCUT2D eigenvalue weighted by Gasteiger charge is -2.27. The van der Waals surface area contributed by atoms with E-state index in [0.29, 0.717) is 5.56 Å². The maximum atomic E-state index is 12.1.